The Labute approximate surface area is 88.9 Å². The van der Waals surface area contributed by atoms with Gasteiger partial charge in [0.15, 0.2) is 5.41 Å². The van der Waals surface area contributed by atoms with Crippen molar-refractivity contribution in [2.24, 2.45) is 5.41 Å². The second-order valence-electron chi connectivity index (χ2n) is 3.24. The van der Waals surface area contributed by atoms with Gasteiger partial charge in [-0.05, 0) is 26.7 Å². The van der Waals surface area contributed by atoms with Crippen LogP contribution in [0.5, 0.6) is 0 Å². The molecule has 0 atom stereocenters. The quantitative estimate of drug-likeness (QED) is 0.522. The van der Waals surface area contributed by atoms with E-state index in [2.05, 4.69) is 0 Å². The van der Waals surface area contributed by atoms with Crippen LogP contribution in [0.4, 0.5) is 0 Å². The summed E-state index contributed by atoms with van der Waals surface area (Å²) >= 11 is 0. The fourth-order valence-corrected chi connectivity index (χ4v) is 1.16. The second-order valence-corrected chi connectivity index (χ2v) is 3.24. The van der Waals surface area contributed by atoms with Crippen LogP contribution in [-0.4, -0.2) is 22.2 Å². The average Bonchev–Trinajstić information content (AvgIpc) is 2.17. The predicted octanol–water partition coefficient (Wildman–Crippen LogP) is 2.07. The number of carbonyl (C=O) groups is 2. The molecule has 0 aliphatic heterocycles. The van der Waals surface area contributed by atoms with Crippen LogP contribution < -0.4 is 0 Å². The van der Waals surface area contributed by atoms with Gasteiger partial charge in [0.25, 0.3) is 0 Å². The van der Waals surface area contributed by atoms with Crippen molar-refractivity contribution in [3.8, 4) is 0 Å². The highest BCUT2D eigenvalue weighted by Gasteiger charge is 2.44. The smallest absolute Gasteiger partial charge is 0.321 e. The highest BCUT2D eigenvalue weighted by molar-refractivity contribution is 5.98. The van der Waals surface area contributed by atoms with Crippen molar-refractivity contribution in [1.29, 1.82) is 0 Å². The number of aliphatic carboxylic acids is 2. The van der Waals surface area contributed by atoms with E-state index in [9.17, 15) is 9.59 Å². The summed E-state index contributed by atoms with van der Waals surface area (Å²) in [6.07, 6.45) is 6.42. The van der Waals surface area contributed by atoms with Crippen LogP contribution in [0.3, 0.4) is 0 Å². The lowest BCUT2D eigenvalue weighted by molar-refractivity contribution is -0.164. The van der Waals surface area contributed by atoms with Crippen LogP contribution >= 0.6 is 0 Å². The summed E-state index contributed by atoms with van der Waals surface area (Å²) in [7, 11) is 0. The molecule has 15 heavy (non-hydrogen) atoms. The average molecular weight is 212 g/mol. The molecular formula is C11H16O4. The Morgan fingerprint density at radius 1 is 1.00 bits per heavy atom. The molecule has 0 amide bonds. The second kappa shape index (κ2) is 6.01. The zero-order chi connectivity index (χ0) is 11.9. The van der Waals surface area contributed by atoms with Crippen molar-refractivity contribution in [1.82, 2.24) is 0 Å². The summed E-state index contributed by atoms with van der Waals surface area (Å²) in [6.45, 7) is 3.45. The van der Waals surface area contributed by atoms with Crippen molar-refractivity contribution in [2.75, 3.05) is 0 Å². The largest absolute Gasteiger partial charge is 0.480 e. The van der Waals surface area contributed by atoms with Crippen molar-refractivity contribution in [3.63, 3.8) is 0 Å². The van der Waals surface area contributed by atoms with Gasteiger partial charge in [0.1, 0.15) is 0 Å². The van der Waals surface area contributed by atoms with Crippen LogP contribution in [-0.2, 0) is 9.59 Å². The number of carboxylic acids is 2. The number of allylic oxidation sites excluding steroid dienone is 4. The highest BCUT2D eigenvalue weighted by atomic mass is 16.4. The lowest BCUT2D eigenvalue weighted by Gasteiger charge is -2.21. The molecule has 4 heteroatoms. The lowest BCUT2D eigenvalue weighted by Crippen LogP contribution is -2.38. The van der Waals surface area contributed by atoms with E-state index in [4.69, 9.17) is 10.2 Å². The summed E-state index contributed by atoms with van der Waals surface area (Å²) in [5, 5.41) is 18.0. The first-order chi connectivity index (χ1) is 7.01. The third kappa shape index (κ3) is 3.23. The van der Waals surface area contributed by atoms with Crippen molar-refractivity contribution in [3.05, 3.63) is 24.3 Å². The molecule has 0 aromatic carbocycles. The standard InChI is InChI=1S/C11H16O4/c1-3-5-7-11(9(12)13,10(14)15)8-6-4-2/h3-6H,7-8H2,1-2H3,(H,12,13)(H,14,15). The Morgan fingerprint density at radius 2 is 1.33 bits per heavy atom. The van der Waals surface area contributed by atoms with E-state index in [1.807, 2.05) is 0 Å². The van der Waals surface area contributed by atoms with Gasteiger partial charge in [-0.25, -0.2) is 0 Å². The maximum atomic E-state index is 11.0. The molecule has 0 aromatic heterocycles. The summed E-state index contributed by atoms with van der Waals surface area (Å²) in [5.74, 6) is -2.60. The number of carboxylic acid groups (broad SMARTS) is 2. The van der Waals surface area contributed by atoms with Gasteiger partial charge < -0.3 is 10.2 Å². The maximum Gasteiger partial charge on any atom is 0.321 e. The first kappa shape index (κ1) is 13.4. The number of hydrogen-bond donors (Lipinski definition) is 2. The van der Waals surface area contributed by atoms with Crippen molar-refractivity contribution in [2.45, 2.75) is 26.7 Å². The van der Waals surface area contributed by atoms with Crippen molar-refractivity contribution >= 4 is 11.9 Å². The fraction of sp³-hybridized carbons (Fsp3) is 0.455. The first-order valence-corrected chi connectivity index (χ1v) is 4.70. The highest BCUT2D eigenvalue weighted by Crippen LogP contribution is 2.29. The van der Waals surface area contributed by atoms with E-state index in [0.29, 0.717) is 0 Å². The Balaban J connectivity index is 5.06. The van der Waals surface area contributed by atoms with Crippen LogP contribution in [0.2, 0.25) is 0 Å². The van der Waals surface area contributed by atoms with E-state index in [1.165, 1.54) is 0 Å². The SMILES string of the molecule is CC=CCC(CC=CC)(C(=O)O)C(=O)O. The van der Waals surface area contributed by atoms with Crippen LogP contribution in [0.25, 0.3) is 0 Å². The molecule has 0 spiro atoms. The molecule has 0 saturated heterocycles. The Hall–Kier alpha value is -1.58. The minimum absolute atomic E-state index is 0.00148. The summed E-state index contributed by atoms with van der Waals surface area (Å²) in [4.78, 5) is 22.1. The number of rotatable bonds is 6. The normalized spacial score (nSPS) is 12.4. The van der Waals surface area contributed by atoms with E-state index in [-0.39, 0.29) is 12.8 Å². The van der Waals surface area contributed by atoms with Gasteiger partial charge in [0.05, 0.1) is 0 Å². The minimum Gasteiger partial charge on any atom is -0.480 e. The van der Waals surface area contributed by atoms with Gasteiger partial charge in [-0.2, -0.15) is 0 Å². The third-order valence-corrected chi connectivity index (χ3v) is 2.22. The van der Waals surface area contributed by atoms with Crippen LogP contribution in [0.1, 0.15) is 26.7 Å². The molecule has 0 heterocycles. The first-order valence-electron chi connectivity index (χ1n) is 4.70. The number of hydrogen-bond acceptors (Lipinski definition) is 2. The van der Waals surface area contributed by atoms with Gasteiger partial charge in [-0.15, -0.1) is 0 Å². The third-order valence-electron chi connectivity index (χ3n) is 2.22. The Kier molecular flexibility index (Phi) is 5.37. The molecule has 0 saturated carbocycles. The molecule has 0 aromatic rings. The van der Waals surface area contributed by atoms with Gasteiger partial charge in [-0.3, -0.25) is 9.59 Å². The van der Waals surface area contributed by atoms with E-state index in [0.717, 1.165) is 0 Å². The van der Waals surface area contributed by atoms with Crippen LogP contribution in [0, 0.1) is 5.41 Å². The summed E-state index contributed by atoms with van der Waals surface area (Å²) < 4.78 is 0. The van der Waals surface area contributed by atoms with Gasteiger partial charge in [0.2, 0.25) is 0 Å². The maximum absolute atomic E-state index is 11.0. The molecule has 0 fully saturated rings. The zero-order valence-corrected chi connectivity index (χ0v) is 8.93. The lowest BCUT2D eigenvalue weighted by atomic mass is 9.81. The Morgan fingerprint density at radius 3 is 1.53 bits per heavy atom. The molecule has 0 bridgehead atoms. The molecule has 0 aliphatic rings. The molecule has 0 aliphatic carbocycles. The summed E-state index contributed by atoms with van der Waals surface area (Å²) in [5.41, 5.74) is -1.74. The topological polar surface area (TPSA) is 74.6 Å². The van der Waals surface area contributed by atoms with Gasteiger partial charge in [0, 0.05) is 0 Å². The van der Waals surface area contributed by atoms with Crippen LogP contribution in [0.15, 0.2) is 24.3 Å². The zero-order valence-electron chi connectivity index (χ0n) is 8.93. The van der Waals surface area contributed by atoms with E-state index < -0.39 is 17.4 Å². The van der Waals surface area contributed by atoms with Gasteiger partial charge >= 0.3 is 11.9 Å². The molecule has 0 unspecified atom stereocenters. The molecule has 4 nitrogen and oxygen atoms in total. The molecule has 2 N–H and O–H groups in total. The Bertz CT molecular complexity index is 259. The summed E-state index contributed by atoms with van der Waals surface area (Å²) in [6, 6.07) is 0. The fourth-order valence-electron chi connectivity index (χ4n) is 1.16. The minimum atomic E-state index is -1.74. The van der Waals surface area contributed by atoms with E-state index >= 15 is 0 Å². The van der Waals surface area contributed by atoms with Crippen molar-refractivity contribution < 1.29 is 19.8 Å². The molecule has 0 rings (SSSR count). The van der Waals surface area contributed by atoms with E-state index in [1.54, 1.807) is 38.2 Å². The van der Waals surface area contributed by atoms with Gasteiger partial charge in [-0.1, -0.05) is 24.3 Å². The molecular weight excluding hydrogens is 196 g/mol. The predicted molar refractivity (Wildman–Crippen MR) is 56.6 cm³/mol. The molecule has 84 valence electrons. The molecule has 0 radical (unpaired) electrons. The monoisotopic (exact) mass is 212 g/mol.